The Morgan fingerprint density at radius 3 is 2.94 bits per heavy atom. The van der Waals surface area contributed by atoms with Crippen LogP contribution in [0, 0.1) is 0 Å². The zero-order valence-corrected chi connectivity index (χ0v) is 12.2. The molecule has 0 atom stereocenters. The zero-order chi connectivity index (χ0) is 12.3. The third kappa shape index (κ3) is 3.34. The molecule has 1 aromatic carbocycles. The van der Waals surface area contributed by atoms with E-state index in [1.165, 1.54) is 10.5 Å². The Balaban J connectivity index is 2.26. The Hall–Kier alpha value is -0.780. The minimum Gasteiger partial charge on any atom is -0.316 e. The number of aryl methyl sites for hydroxylation is 1. The largest absolute Gasteiger partial charge is 0.316 e. The molecule has 5 heteroatoms. The van der Waals surface area contributed by atoms with E-state index in [0.29, 0.717) is 0 Å². The molecule has 90 valence electrons. The van der Waals surface area contributed by atoms with Crippen molar-refractivity contribution in [3.8, 4) is 0 Å². The molecule has 0 aliphatic heterocycles. The third-order valence-electron chi connectivity index (χ3n) is 2.31. The standard InChI is InChI=1S/C12H14BrN3S/c1-14-6-9-3-4-10(13)5-12(9)17-11-7-15-16(2)8-11/h3-5,7-8,14H,6H2,1-2H3. The van der Waals surface area contributed by atoms with Crippen molar-refractivity contribution in [1.29, 1.82) is 0 Å². The van der Waals surface area contributed by atoms with E-state index in [4.69, 9.17) is 0 Å². The molecule has 0 saturated carbocycles. The second-order valence-corrected chi connectivity index (χ2v) is 5.77. The predicted octanol–water partition coefficient (Wildman–Crippen LogP) is 3.05. The highest BCUT2D eigenvalue weighted by Crippen LogP contribution is 2.32. The second-order valence-electron chi connectivity index (χ2n) is 3.73. The number of hydrogen-bond donors (Lipinski definition) is 1. The van der Waals surface area contributed by atoms with Crippen LogP contribution in [-0.2, 0) is 13.6 Å². The summed E-state index contributed by atoms with van der Waals surface area (Å²) in [6.07, 6.45) is 3.91. The van der Waals surface area contributed by atoms with Crippen molar-refractivity contribution in [2.75, 3.05) is 7.05 Å². The minimum absolute atomic E-state index is 0.871. The fraction of sp³-hybridized carbons (Fsp3) is 0.250. The van der Waals surface area contributed by atoms with Gasteiger partial charge in [-0.1, -0.05) is 33.8 Å². The van der Waals surface area contributed by atoms with E-state index >= 15 is 0 Å². The average Bonchev–Trinajstić information content (AvgIpc) is 2.68. The Morgan fingerprint density at radius 1 is 1.47 bits per heavy atom. The molecule has 0 spiro atoms. The minimum atomic E-state index is 0.871. The fourth-order valence-electron chi connectivity index (χ4n) is 1.54. The summed E-state index contributed by atoms with van der Waals surface area (Å²) < 4.78 is 2.92. The molecular formula is C12H14BrN3S. The Kier molecular flexibility index (Phi) is 4.25. The van der Waals surface area contributed by atoms with Crippen LogP contribution in [0.4, 0.5) is 0 Å². The van der Waals surface area contributed by atoms with E-state index < -0.39 is 0 Å². The summed E-state index contributed by atoms with van der Waals surface area (Å²) in [7, 11) is 3.89. The maximum atomic E-state index is 4.18. The average molecular weight is 312 g/mol. The summed E-state index contributed by atoms with van der Waals surface area (Å²) in [6.45, 7) is 0.871. The van der Waals surface area contributed by atoms with E-state index in [0.717, 1.165) is 15.9 Å². The van der Waals surface area contributed by atoms with Crippen LogP contribution in [0.25, 0.3) is 0 Å². The Morgan fingerprint density at radius 2 is 2.29 bits per heavy atom. The zero-order valence-electron chi connectivity index (χ0n) is 9.77. The SMILES string of the molecule is CNCc1ccc(Br)cc1Sc1cnn(C)c1. The van der Waals surface area contributed by atoms with E-state index in [1.807, 2.05) is 31.2 Å². The molecule has 2 rings (SSSR count). The van der Waals surface area contributed by atoms with Crippen molar-refractivity contribution in [2.45, 2.75) is 16.3 Å². The third-order valence-corrected chi connectivity index (χ3v) is 3.85. The van der Waals surface area contributed by atoms with Crippen molar-refractivity contribution < 1.29 is 0 Å². The summed E-state index contributed by atoms with van der Waals surface area (Å²) in [4.78, 5) is 2.41. The van der Waals surface area contributed by atoms with Gasteiger partial charge in [-0.15, -0.1) is 0 Å². The molecule has 0 fully saturated rings. The van der Waals surface area contributed by atoms with E-state index in [2.05, 4.69) is 44.5 Å². The first-order chi connectivity index (χ1) is 8.19. The summed E-state index contributed by atoms with van der Waals surface area (Å²) >= 11 is 5.25. The van der Waals surface area contributed by atoms with Gasteiger partial charge in [0.1, 0.15) is 0 Å². The first kappa shape index (κ1) is 12.7. The number of benzene rings is 1. The van der Waals surface area contributed by atoms with Gasteiger partial charge in [0.2, 0.25) is 0 Å². The number of aromatic nitrogens is 2. The molecule has 0 saturated heterocycles. The summed E-state index contributed by atoms with van der Waals surface area (Å²) in [5.74, 6) is 0. The van der Waals surface area contributed by atoms with Crippen LogP contribution >= 0.6 is 27.7 Å². The molecule has 3 nitrogen and oxygen atoms in total. The molecule has 1 heterocycles. The molecule has 0 unspecified atom stereocenters. The lowest BCUT2D eigenvalue weighted by Gasteiger charge is -2.08. The predicted molar refractivity (Wildman–Crippen MR) is 74.2 cm³/mol. The fourth-order valence-corrected chi connectivity index (χ4v) is 3.07. The van der Waals surface area contributed by atoms with Gasteiger partial charge in [0.05, 0.1) is 11.1 Å². The quantitative estimate of drug-likeness (QED) is 0.941. The van der Waals surface area contributed by atoms with Crippen molar-refractivity contribution in [1.82, 2.24) is 15.1 Å². The summed E-state index contributed by atoms with van der Waals surface area (Å²) in [6, 6.07) is 6.35. The lowest BCUT2D eigenvalue weighted by molar-refractivity contribution is 0.766. The molecule has 0 aliphatic rings. The topological polar surface area (TPSA) is 29.9 Å². The highest BCUT2D eigenvalue weighted by molar-refractivity contribution is 9.10. The smallest absolute Gasteiger partial charge is 0.0629 e. The van der Waals surface area contributed by atoms with Gasteiger partial charge in [-0.25, -0.2) is 0 Å². The first-order valence-electron chi connectivity index (χ1n) is 5.28. The van der Waals surface area contributed by atoms with Crippen molar-refractivity contribution in [2.24, 2.45) is 7.05 Å². The van der Waals surface area contributed by atoms with Crippen LogP contribution < -0.4 is 5.32 Å². The molecule has 0 amide bonds. The van der Waals surface area contributed by atoms with E-state index in [1.54, 1.807) is 11.8 Å². The first-order valence-corrected chi connectivity index (χ1v) is 6.89. The Labute approximate surface area is 114 Å². The monoisotopic (exact) mass is 311 g/mol. The highest BCUT2D eigenvalue weighted by atomic mass is 79.9. The molecule has 1 aromatic heterocycles. The van der Waals surface area contributed by atoms with Crippen LogP contribution in [-0.4, -0.2) is 16.8 Å². The van der Waals surface area contributed by atoms with Crippen LogP contribution in [0.15, 0.2) is 44.9 Å². The molecular weight excluding hydrogens is 298 g/mol. The van der Waals surface area contributed by atoms with Gasteiger partial charge in [-0.05, 0) is 24.7 Å². The van der Waals surface area contributed by atoms with Gasteiger partial charge in [0.25, 0.3) is 0 Å². The van der Waals surface area contributed by atoms with Crippen LogP contribution in [0.5, 0.6) is 0 Å². The van der Waals surface area contributed by atoms with Crippen molar-refractivity contribution in [3.63, 3.8) is 0 Å². The molecule has 0 radical (unpaired) electrons. The number of nitrogens with zero attached hydrogens (tertiary/aromatic N) is 2. The molecule has 17 heavy (non-hydrogen) atoms. The second kappa shape index (κ2) is 5.71. The van der Waals surface area contributed by atoms with E-state index in [9.17, 15) is 0 Å². The van der Waals surface area contributed by atoms with Crippen molar-refractivity contribution >= 4 is 27.7 Å². The van der Waals surface area contributed by atoms with Crippen LogP contribution in [0.3, 0.4) is 0 Å². The van der Waals surface area contributed by atoms with Crippen molar-refractivity contribution in [3.05, 3.63) is 40.6 Å². The summed E-state index contributed by atoms with van der Waals surface area (Å²) in [5.41, 5.74) is 1.30. The number of rotatable bonds is 4. The van der Waals surface area contributed by atoms with Gasteiger partial charge in [0.15, 0.2) is 0 Å². The maximum absolute atomic E-state index is 4.18. The lowest BCUT2D eigenvalue weighted by atomic mass is 10.2. The van der Waals surface area contributed by atoms with Crippen LogP contribution in [0.2, 0.25) is 0 Å². The van der Waals surface area contributed by atoms with Gasteiger partial charge in [-0.3, -0.25) is 4.68 Å². The van der Waals surface area contributed by atoms with Crippen LogP contribution in [0.1, 0.15) is 5.56 Å². The van der Waals surface area contributed by atoms with Gasteiger partial charge >= 0.3 is 0 Å². The maximum Gasteiger partial charge on any atom is 0.0629 e. The highest BCUT2D eigenvalue weighted by Gasteiger charge is 2.06. The van der Waals surface area contributed by atoms with E-state index in [-0.39, 0.29) is 0 Å². The number of nitrogens with one attached hydrogen (secondary N) is 1. The number of halogens is 1. The Bertz CT molecular complexity index is 510. The van der Waals surface area contributed by atoms with Gasteiger partial charge in [0, 0.05) is 29.2 Å². The molecule has 1 N–H and O–H groups in total. The summed E-state index contributed by atoms with van der Waals surface area (Å²) in [5, 5.41) is 7.36. The number of hydrogen-bond acceptors (Lipinski definition) is 3. The molecule has 0 aliphatic carbocycles. The molecule has 2 aromatic rings. The van der Waals surface area contributed by atoms with Gasteiger partial charge < -0.3 is 5.32 Å². The lowest BCUT2D eigenvalue weighted by Crippen LogP contribution is -2.05. The van der Waals surface area contributed by atoms with Gasteiger partial charge in [-0.2, -0.15) is 5.10 Å². The molecule has 0 bridgehead atoms. The normalized spacial score (nSPS) is 10.8.